The van der Waals surface area contributed by atoms with Crippen LogP contribution in [-0.4, -0.2) is 12.2 Å². The lowest BCUT2D eigenvalue weighted by molar-refractivity contribution is 0.0335. The molecular formula is C29H58O. The molecule has 0 aromatic carbocycles. The Labute approximate surface area is 191 Å². The number of ether oxygens (including phenoxy) is 1. The second-order valence-electron chi connectivity index (χ2n) is 10.3. The molecule has 1 saturated heterocycles. The summed E-state index contributed by atoms with van der Waals surface area (Å²) in [7, 11) is 0. The van der Waals surface area contributed by atoms with Crippen molar-refractivity contribution in [3.05, 3.63) is 0 Å². The third kappa shape index (κ3) is 17.6. The molecule has 1 heteroatoms. The minimum absolute atomic E-state index is 0.594. The second-order valence-corrected chi connectivity index (χ2v) is 10.3. The van der Waals surface area contributed by atoms with Gasteiger partial charge in [0.2, 0.25) is 0 Å². The van der Waals surface area contributed by atoms with Crippen molar-refractivity contribution in [3.8, 4) is 0 Å². The standard InChI is InChI=1S/C29H58O/c1-3-5-7-9-11-12-13-14-15-16-17-19-21-23-25-29-27-26-28(30-29)24-22-20-18-10-8-6-4-2/h28-29H,3-27H2,1-2H3. The number of hydrogen-bond acceptors (Lipinski definition) is 1. The molecule has 0 N–H and O–H groups in total. The molecule has 1 nitrogen and oxygen atoms in total. The molecule has 0 aromatic rings. The molecule has 1 fully saturated rings. The van der Waals surface area contributed by atoms with Crippen LogP contribution in [0.3, 0.4) is 0 Å². The molecule has 1 rings (SSSR count). The Kier molecular flexibility index (Phi) is 20.7. The largest absolute Gasteiger partial charge is 0.375 e. The van der Waals surface area contributed by atoms with E-state index in [1.165, 1.54) is 161 Å². The second kappa shape index (κ2) is 22.2. The van der Waals surface area contributed by atoms with Crippen LogP contribution >= 0.6 is 0 Å². The highest BCUT2D eigenvalue weighted by molar-refractivity contribution is 4.73. The first-order valence-corrected chi connectivity index (χ1v) is 14.5. The van der Waals surface area contributed by atoms with Gasteiger partial charge in [0.1, 0.15) is 0 Å². The monoisotopic (exact) mass is 422 g/mol. The van der Waals surface area contributed by atoms with Gasteiger partial charge in [-0.3, -0.25) is 0 Å². The van der Waals surface area contributed by atoms with Crippen molar-refractivity contribution in [2.45, 2.75) is 187 Å². The predicted octanol–water partition coefficient (Wildman–Crippen LogP) is 10.5. The van der Waals surface area contributed by atoms with Crippen LogP contribution in [0.5, 0.6) is 0 Å². The van der Waals surface area contributed by atoms with E-state index in [1.807, 2.05) is 0 Å². The van der Waals surface area contributed by atoms with Gasteiger partial charge < -0.3 is 4.74 Å². The van der Waals surface area contributed by atoms with Crippen LogP contribution in [0.1, 0.15) is 174 Å². The van der Waals surface area contributed by atoms with E-state index in [9.17, 15) is 0 Å². The molecule has 2 unspecified atom stereocenters. The van der Waals surface area contributed by atoms with Crippen molar-refractivity contribution in [3.63, 3.8) is 0 Å². The molecule has 0 bridgehead atoms. The summed E-state index contributed by atoms with van der Waals surface area (Å²) in [5, 5.41) is 0. The van der Waals surface area contributed by atoms with Crippen LogP contribution in [0.4, 0.5) is 0 Å². The highest BCUT2D eigenvalue weighted by Crippen LogP contribution is 2.27. The van der Waals surface area contributed by atoms with Gasteiger partial charge in [-0.25, -0.2) is 0 Å². The SMILES string of the molecule is CCCCCCCCCCCCCCCCC1CCC(CCCCCCCCC)O1. The first-order valence-electron chi connectivity index (χ1n) is 14.5. The Morgan fingerprint density at radius 3 is 0.967 bits per heavy atom. The molecule has 0 aliphatic carbocycles. The lowest BCUT2D eigenvalue weighted by Gasteiger charge is -2.13. The lowest BCUT2D eigenvalue weighted by atomic mass is 10.0. The summed E-state index contributed by atoms with van der Waals surface area (Å²) in [6.45, 7) is 4.60. The van der Waals surface area contributed by atoms with Crippen molar-refractivity contribution < 1.29 is 4.74 Å². The van der Waals surface area contributed by atoms with Crippen molar-refractivity contribution in [1.29, 1.82) is 0 Å². The smallest absolute Gasteiger partial charge is 0.0579 e. The van der Waals surface area contributed by atoms with Crippen molar-refractivity contribution >= 4 is 0 Å². The molecular weight excluding hydrogens is 364 g/mol. The van der Waals surface area contributed by atoms with E-state index in [0.29, 0.717) is 12.2 Å². The Hall–Kier alpha value is -0.0400. The number of unbranched alkanes of at least 4 members (excludes halogenated alkanes) is 19. The van der Waals surface area contributed by atoms with E-state index >= 15 is 0 Å². The van der Waals surface area contributed by atoms with Crippen LogP contribution in [0.25, 0.3) is 0 Å². The van der Waals surface area contributed by atoms with Crippen LogP contribution in [0.2, 0.25) is 0 Å². The van der Waals surface area contributed by atoms with Gasteiger partial charge in [-0.1, -0.05) is 149 Å². The van der Waals surface area contributed by atoms with Crippen molar-refractivity contribution in [2.75, 3.05) is 0 Å². The van der Waals surface area contributed by atoms with Crippen molar-refractivity contribution in [1.82, 2.24) is 0 Å². The maximum Gasteiger partial charge on any atom is 0.0579 e. The number of hydrogen-bond donors (Lipinski definition) is 0. The van der Waals surface area contributed by atoms with Gasteiger partial charge in [-0.05, 0) is 25.7 Å². The zero-order valence-corrected chi connectivity index (χ0v) is 21.2. The molecule has 1 aliphatic heterocycles. The summed E-state index contributed by atoms with van der Waals surface area (Å²) in [5.41, 5.74) is 0. The van der Waals surface area contributed by atoms with Gasteiger partial charge in [0, 0.05) is 0 Å². The molecule has 0 spiro atoms. The van der Waals surface area contributed by atoms with Gasteiger partial charge in [0.25, 0.3) is 0 Å². The molecule has 2 atom stereocenters. The van der Waals surface area contributed by atoms with Crippen LogP contribution < -0.4 is 0 Å². The Morgan fingerprint density at radius 1 is 0.400 bits per heavy atom. The third-order valence-corrected chi connectivity index (χ3v) is 7.20. The van der Waals surface area contributed by atoms with E-state index in [0.717, 1.165) is 0 Å². The van der Waals surface area contributed by atoms with Crippen LogP contribution in [0, 0.1) is 0 Å². The Bertz CT molecular complexity index is 326. The Morgan fingerprint density at radius 2 is 0.667 bits per heavy atom. The fourth-order valence-electron chi connectivity index (χ4n) is 5.10. The summed E-state index contributed by atoms with van der Waals surface area (Å²) in [4.78, 5) is 0. The van der Waals surface area contributed by atoms with Gasteiger partial charge in [0.05, 0.1) is 12.2 Å². The molecule has 1 heterocycles. The zero-order chi connectivity index (χ0) is 21.5. The highest BCUT2D eigenvalue weighted by atomic mass is 16.5. The van der Waals surface area contributed by atoms with E-state index in [1.54, 1.807) is 0 Å². The molecule has 0 saturated carbocycles. The average Bonchev–Trinajstić information content (AvgIpc) is 3.21. The van der Waals surface area contributed by atoms with E-state index in [-0.39, 0.29) is 0 Å². The highest BCUT2D eigenvalue weighted by Gasteiger charge is 2.24. The van der Waals surface area contributed by atoms with Gasteiger partial charge >= 0.3 is 0 Å². The van der Waals surface area contributed by atoms with Crippen molar-refractivity contribution in [2.24, 2.45) is 0 Å². The van der Waals surface area contributed by atoms with Gasteiger partial charge in [0.15, 0.2) is 0 Å². The molecule has 1 aliphatic rings. The normalized spacial score (nSPS) is 19.0. The Balaban J connectivity index is 1.76. The van der Waals surface area contributed by atoms with Gasteiger partial charge in [-0.15, -0.1) is 0 Å². The quantitative estimate of drug-likeness (QED) is 0.149. The first kappa shape index (κ1) is 28.0. The summed E-state index contributed by atoms with van der Waals surface area (Å²) in [6.07, 6.45) is 36.7. The molecule has 0 aromatic heterocycles. The summed E-state index contributed by atoms with van der Waals surface area (Å²) in [5.74, 6) is 0. The van der Waals surface area contributed by atoms with E-state index in [4.69, 9.17) is 4.74 Å². The lowest BCUT2D eigenvalue weighted by Crippen LogP contribution is -2.10. The molecule has 0 radical (unpaired) electrons. The third-order valence-electron chi connectivity index (χ3n) is 7.20. The predicted molar refractivity (Wildman–Crippen MR) is 135 cm³/mol. The van der Waals surface area contributed by atoms with Crippen LogP contribution in [0.15, 0.2) is 0 Å². The summed E-state index contributed by atoms with van der Waals surface area (Å²) < 4.78 is 6.32. The number of rotatable bonds is 23. The summed E-state index contributed by atoms with van der Waals surface area (Å²) >= 11 is 0. The van der Waals surface area contributed by atoms with Crippen LogP contribution in [-0.2, 0) is 4.74 Å². The fourth-order valence-corrected chi connectivity index (χ4v) is 5.10. The molecule has 0 amide bonds. The fraction of sp³-hybridized carbons (Fsp3) is 1.00. The van der Waals surface area contributed by atoms with E-state index < -0.39 is 0 Å². The van der Waals surface area contributed by atoms with Gasteiger partial charge in [-0.2, -0.15) is 0 Å². The summed E-state index contributed by atoms with van der Waals surface area (Å²) in [6, 6.07) is 0. The zero-order valence-electron chi connectivity index (χ0n) is 21.2. The average molecular weight is 423 g/mol. The molecule has 180 valence electrons. The first-order chi connectivity index (χ1) is 14.9. The van der Waals surface area contributed by atoms with E-state index in [2.05, 4.69) is 13.8 Å². The maximum atomic E-state index is 6.32. The minimum Gasteiger partial charge on any atom is -0.375 e. The maximum absolute atomic E-state index is 6.32. The minimum atomic E-state index is 0.594. The molecule has 30 heavy (non-hydrogen) atoms. The topological polar surface area (TPSA) is 9.23 Å².